The zero-order chi connectivity index (χ0) is 12.3. The Balaban J connectivity index is 2.23. The number of hydrogen-bond donors (Lipinski definition) is 1. The minimum absolute atomic E-state index is 0.109. The van der Waals surface area contributed by atoms with E-state index in [2.05, 4.69) is 4.98 Å². The Bertz CT molecular complexity index is 463. The number of anilines is 1. The van der Waals surface area contributed by atoms with E-state index in [9.17, 15) is 4.79 Å². The maximum absolute atomic E-state index is 10.8. The fourth-order valence-electron chi connectivity index (χ4n) is 1.74. The van der Waals surface area contributed by atoms with Crippen LogP contribution < -0.4 is 4.90 Å². The smallest absolute Gasteiger partial charge is 0.323 e. The van der Waals surface area contributed by atoms with Crippen LogP contribution in [0, 0.1) is 17.2 Å². The molecule has 1 aliphatic rings. The molecule has 5 heteroatoms. The van der Waals surface area contributed by atoms with E-state index < -0.39 is 5.97 Å². The summed E-state index contributed by atoms with van der Waals surface area (Å²) in [4.78, 5) is 16.6. The summed E-state index contributed by atoms with van der Waals surface area (Å²) in [6, 6.07) is 5.38. The third-order valence-electron chi connectivity index (χ3n) is 2.71. The SMILES string of the molecule is N#Cc1cccnc1N(CC(=O)O)CC1CC1. The predicted octanol–water partition coefficient (Wildman–Crippen LogP) is 1.25. The molecule has 1 fully saturated rings. The minimum atomic E-state index is -0.903. The van der Waals surface area contributed by atoms with Crippen LogP contribution in [0.15, 0.2) is 18.3 Å². The monoisotopic (exact) mass is 231 g/mol. The highest BCUT2D eigenvalue weighted by molar-refractivity contribution is 5.74. The summed E-state index contributed by atoms with van der Waals surface area (Å²) in [5, 5.41) is 17.9. The van der Waals surface area contributed by atoms with E-state index in [0.717, 1.165) is 12.8 Å². The molecule has 17 heavy (non-hydrogen) atoms. The fraction of sp³-hybridized carbons (Fsp3) is 0.417. The number of pyridine rings is 1. The Morgan fingerprint density at radius 3 is 3.00 bits per heavy atom. The Morgan fingerprint density at radius 2 is 2.41 bits per heavy atom. The summed E-state index contributed by atoms with van der Waals surface area (Å²) in [6.45, 7) is 0.556. The van der Waals surface area contributed by atoms with Crippen molar-refractivity contribution in [3.05, 3.63) is 23.9 Å². The first kappa shape index (κ1) is 11.4. The van der Waals surface area contributed by atoms with Crippen molar-refractivity contribution in [1.82, 2.24) is 4.98 Å². The quantitative estimate of drug-likeness (QED) is 0.825. The number of carboxylic acids is 1. The summed E-state index contributed by atoms with van der Waals surface area (Å²) in [5.74, 6) is 0.118. The highest BCUT2D eigenvalue weighted by Crippen LogP contribution is 2.31. The van der Waals surface area contributed by atoms with Crippen LogP contribution in [0.25, 0.3) is 0 Å². The summed E-state index contributed by atoms with van der Waals surface area (Å²) in [6.07, 6.45) is 3.84. The molecule has 0 unspecified atom stereocenters. The first-order chi connectivity index (χ1) is 8.20. The fourth-order valence-corrected chi connectivity index (χ4v) is 1.74. The minimum Gasteiger partial charge on any atom is -0.480 e. The number of rotatable bonds is 5. The van der Waals surface area contributed by atoms with Gasteiger partial charge >= 0.3 is 5.97 Å². The van der Waals surface area contributed by atoms with Gasteiger partial charge in [-0.2, -0.15) is 5.26 Å². The van der Waals surface area contributed by atoms with Crippen molar-refractivity contribution in [2.75, 3.05) is 18.0 Å². The van der Waals surface area contributed by atoms with E-state index >= 15 is 0 Å². The first-order valence-corrected chi connectivity index (χ1v) is 5.52. The summed E-state index contributed by atoms with van der Waals surface area (Å²) in [5.41, 5.74) is 0.425. The summed E-state index contributed by atoms with van der Waals surface area (Å²) in [7, 11) is 0. The van der Waals surface area contributed by atoms with Gasteiger partial charge in [0.05, 0.1) is 5.56 Å². The lowest BCUT2D eigenvalue weighted by molar-refractivity contribution is -0.135. The number of nitriles is 1. The lowest BCUT2D eigenvalue weighted by Crippen LogP contribution is -2.32. The van der Waals surface area contributed by atoms with Crippen molar-refractivity contribution in [3.63, 3.8) is 0 Å². The van der Waals surface area contributed by atoms with Crippen LogP contribution in [0.5, 0.6) is 0 Å². The van der Waals surface area contributed by atoms with Crippen LogP contribution >= 0.6 is 0 Å². The van der Waals surface area contributed by atoms with Crippen molar-refractivity contribution in [2.45, 2.75) is 12.8 Å². The third-order valence-corrected chi connectivity index (χ3v) is 2.71. The zero-order valence-corrected chi connectivity index (χ0v) is 9.33. The van der Waals surface area contributed by atoms with Crippen molar-refractivity contribution in [1.29, 1.82) is 5.26 Å². The first-order valence-electron chi connectivity index (χ1n) is 5.52. The maximum Gasteiger partial charge on any atom is 0.323 e. The molecule has 0 bridgehead atoms. The number of nitrogens with zero attached hydrogens (tertiary/aromatic N) is 3. The van der Waals surface area contributed by atoms with Gasteiger partial charge in [0.2, 0.25) is 0 Å². The molecular formula is C12H13N3O2. The van der Waals surface area contributed by atoms with Gasteiger partial charge in [-0.25, -0.2) is 4.98 Å². The topological polar surface area (TPSA) is 77.2 Å². The third kappa shape index (κ3) is 2.94. The van der Waals surface area contributed by atoms with Crippen molar-refractivity contribution in [2.24, 2.45) is 5.92 Å². The highest BCUT2D eigenvalue weighted by atomic mass is 16.4. The van der Waals surface area contributed by atoms with Gasteiger partial charge in [-0.1, -0.05) is 0 Å². The molecule has 0 atom stereocenters. The Hall–Kier alpha value is -2.09. The molecule has 5 nitrogen and oxygen atoms in total. The van der Waals surface area contributed by atoms with E-state index in [1.165, 1.54) is 0 Å². The van der Waals surface area contributed by atoms with E-state index in [4.69, 9.17) is 10.4 Å². The summed E-state index contributed by atoms with van der Waals surface area (Å²) < 4.78 is 0. The normalized spacial score (nSPS) is 14.1. The standard InChI is InChI=1S/C12H13N3O2/c13-6-10-2-1-5-14-12(10)15(8-11(16)17)7-9-3-4-9/h1-2,5,9H,3-4,7-8H2,(H,16,17). The van der Waals surface area contributed by atoms with Gasteiger partial charge in [-0.3, -0.25) is 4.79 Å². The molecule has 1 aromatic heterocycles. The lowest BCUT2D eigenvalue weighted by Gasteiger charge is -2.22. The Kier molecular flexibility index (Phi) is 3.24. The molecule has 1 saturated carbocycles. The van der Waals surface area contributed by atoms with E-state index in [0.29, 0.717) is 23.8 Å². The molecule has 0 aliphatic heterocycles. The second-order valence-electron chi connectivity index (χ2n) is 4.20. The molecule has 88 valence electrons. The van der Waals surface area contributed by atoms with Gasteiger partial charge in [-0.15, -0.1) is 0 Å². The average molecular weight is 231 g/mol. The predicted molar refractivity (Wildman–Crippen MR) is 61.5 cm³/mol. The van der Waals surface area contributed by atoms with Gasteiger partial charge in [0.25, 0.3) is 0 Å². The van der Waals surface area contributed by atoms with Crippen LogP contribution in [-0.4, -0.2) is 29.1 Å². The van der Waals surface area contributed by atoms with Crippen LogP contribution in [0.2, 0.25) is 0 Å². The zero-order valence-electron chi connectivity index (χ0n) is 9.33. The van der Waals surface area contributed by atoms with Gasteiger partial charge in [-0.05, 0) is 30.9 Å². The van der Waals surface area contributed by atoms with E-state index in [1.807, 2.05) is 6.07 Å². The molecule has 1 heterocycles. The number of hydrogen-bond acceptors (Lipinski definition) is 4. The molecule has 1 aromatic rings. The Labute approximate surface area is 99.3 Å². The number of carboxylic acid groups (broad SMARTS) is 1. The van der Waals surface area contributed by atoms with Crippen LogP contribution in [-0.2, 0) is 4.79 Å². The van der Waals surface area contributed by atoms with Crippen molar-refractivity contribution >= 4 is 11.8 Å². The second kappa shape index (κ2) is 4.83. The van der Waals surface area contributed by atoms with Crippen molar-refractivity contribution < 1.29 is 9.90 Å². The van der Waals surface area contributed by atoms with E-state index in [-0.39, 0.29) is 6.54 Å². The van der Waals surface area contributed by atoms with Crippen molar-refractivity contribution in [3.8, 4) is 6.07 Å². The molecule has 2 rings (SSSR count). The van der Waals surface area contributed by atoms with Gasteiger partial charge in [0, 0.05) is 12.7 Å². The molecule has 1 aliphatic carbocycles. The van der Waals surface area contributed by atoms with Gasteiger partial charge in [0.1, 0.15) is 18.4 Å². The molecular weight excluding hydrogens is 218 g/mol. The molecule has 0 aromatic carbocycles. The molecule has 1 N–H and O–H groups in total. The van der Waals surface area contributed by atoms with Gasteiger partial charge in [0.15, 0.2) is 0 Å². The molecule has 0 spiro atoms. The van der Waals surface area contributed by atoms with Crippen LogP contribution in [0.4, 0.5) is 5.82 Å². The highest BCUT2D eigenvalue weighted by Gasteiger charge is 2.27. The maximum atomic E-state index is 10.8. The number of aliphatic carboxylic acids is 1. The molecule has 0 saturated heterocycles. The Morgan fingerprint density at radius 1 is 1.65 bits per heavy atom. The largest absolute Gasteiger partial charge is 0.480 e. The number of aromatic nitrogens is 1. The van der Waals surface area contributed by atoms with Crippen LogP contribution in [0.1, 0.15) is 18.4 Å². The number of carbonyl (C=O) groups is 1. The van der Waals surface area contributed by atoms with E-state index in [1.54, 1.807) is 23.2 Å². The van der Waals surface area contributed by atoms with Crippen LogP contribution in [0.3, 0.4) is 0 Å². The second-order valence-corrected chi connectivity index (χ2v) is 4.20. The lowest BCUT2D eigenvalue weighted by atomic mass is 10.2. The molecule has 0 amide bonds. The average Bonchev–Trinajstić information content (AvgIpc) is 3.11. The van der Waals surface area contributed by atoms with Gasteiger partial charge < -0.3 is 10.0 Å². The summed E-state index contributed by atoms with van der Waals surface area (Å²) >= 11 is 0. The molecule has 0 radical (unpaired) electrons.